The van der Waals surface area contributed by atoms with Gasteiger partial charge in [0.2, 0.25) is 0 Å². The van der Waals surface area contributed by atoms with Gasteiger partial charge in [-0.25, -0.2) is 8.42 Å². The van der Waals surface area contributed by atoms with Crippen molar-refractivity contribution in [3.63, 3.8) is 0 Å². The summed E-state index contributed by atoms with van der Waals surface area (Å²) in [6.45, 7) is 0. The zero-order chi connectivity index (χ0) is 29.4. The van der Waals surface area contributed by atoms with Crippen molar-refractivity contribution in [1.82, 2.24) is 9.97 Å². The SMILES string of the molecule is O=[N+]([O-])c1ccc(S(=O)(=O)[N-]c2cccc3ccc4cccnc4c23)cc1.[Pd+2].[c-]1ccc2c(c1)C=CC2.c1ccncc1. The van der Waals surface area contributed by atoms with E-state index >= 15 is 0 Å². The van der Waals surface area contributed by atoms with E-state index in [4.69, 9.17) is 0 Å². The van der Waals surface area contributed by atoms with Gasteiger partial charge in [-0.05, 0) is 47.5 Å². The third-order valence-corrected chi connectivity index (χ3v) is 7.65. The molecule has 4 aromatic carbocycles. The molecule has 0 amide bonds. The van der Waals surface area contributed by atoms with E-state index in [1.165, 1.54) is 23.3 Å². The molecule has 2 aromatic heterocycles. The van der Waals surface area contributed by atoms with E-state index in [2.05, 4.69) is 39.0 Å². The molecule has 0 saturated heterocycles. The number of sulfonamides is 1. The Morgan fingerprint density at radius 1 is 0.837 bits per heavy atom. The number of nitro groups is 1. The van der Waals surface area contributed by atoms with Crippen LogP contribution in [-0.4, -0.2) is 23.3 Å². The van der Waals surface area contributed by atoms with Crippen LogP contribution >= 0.6 is 0 Å². The molecular formula is C33H24N4O4PdS. The molecule has 216 valence electrons. The molecule has 0 aliphatic heterocycles. The van der Waals surface area contributed by atoms with Gasteiger partial charge in [0.05, 0.1) is 15.3 Å². The summed E-state index contributed by atoms with van der Waals surface area (Å²) in [7, 11) is -4.04. The van der Waals surface area contributed by atoms with Crippen LogP contribution < -0.4 is 0 Å². The Morgan fingerprint density at radius 3 is 2.26 bits per heavy atom. The molecule has 0 unspecified atom stereocenters. The molecule has 8 nitrogen and oxygen atoms in total. The van der Waals surface area contributed by atoms with Gasteiger partial charge in [0.25, 0.3) is 5.69 Å². The summed E-state index contributed by atoms with van der Waals surface area (Å²) in [6, 6.07) is 32.2. The average molecular weight is 679 g/mol. The molecule has 10 heteroatoms. The average Bonchev–Trinajstić information content (AvgIpc) is 3.52. The van der Waals surface area contributed by atoms with Crippen molar-refractivity contribution in [1.29, 1.82) is 0 Å². The van der Waals surface area contributed by atoms with Gasteiger partial charge >= 0.3 is 20.4 Å². The summed E-state index contributed by atoms with van der Waals surface area (Å²) in [6.07, 6.45) is 10.6. The number of allylic oxidation sites excluding steroid dienone is 1. The molecule has 0 atom stereocenters. The predicted molar refractivity (Wildman–Crippen MR) is 165 cm³/mol. The van der Waals surface area contributed by atoms with Crippen molar-refractivity contribution in [2.24, 2.45) is 0 Å². The fourth-order valence-electron chi connectivity index (χ4n) is 4.34. The second-order valence-electron chi connectivity index (χ2n) is 9.09. The Bertz CT molecular complexity index is 1960. The van der Waals surface area contributed by atoms with E-state index in [0.717, 1.165) is 29.3 Å². The molecular weight excluding hydrogens is 655 g/mol. The molecule has 43 heavy (non-hydrogen) atoms. The van der Waals surface area contributed by atoms with Gasteiger partial charge in [0.15, 0.2) is 0 Å². The van der Waals surface area contributed by atoms with E-state index in [-0.39, 0.29) is 36.7 Å². The summed E-state index contributed by atoms with van der Waals surface area (Å²) >= 11 is 0. The van der Waals surface area contributed by atoms with Crippen LogP contribution in [0.4, 0.5) is 11.4 Å². The first kappa shape index (κ1) is 31.2. The standard InChI is InChI=1S/C19H12N3O4S.C9H7.C5H5N.Pd/c23-22(24)15-8-10-16(11-9-15)27(25,26)21-17-5-1-3-13-6-7-14-4-2-12-20-19(14)18(13)17;1-2-5-9-7-3-6-8(9)4-1;1-2-4-6-5-3-1;/h1-12H;1,3-5,7H,6H2;1-5H;/q2*-1;;+2. The van der Waals surface area contributed by atoms with Gasteiger partial charge in [-0.15, -0.1) is 22.9 Å². The largest absolute Gasteiger partial charge is 2.00 e. The van der Waals surface area contributed by atoms with E-state index in [1.807, 2.05) is 60.7 Å². The number of aromatic nitrogens is 2. The maximum atomic E-state index is 12.7. The summed E-state index contributed by atoms with van der Waals surface area (Å²) < 4.78 is 29.4. The molecule has 0 saturated carbocycles. The van der Waals surface area contributed by atoms with Crippen molar-refractivity contribution in [2.75, 3.05) is 0 Å². The smallest absolute Gasteiger partial charge is 0.572 e. The first-order chi connectivity index (χ1) is 20.4. The Balaban J connectivity index is 0.000000214. The molecule has 0 fully saturated rings. The van der Waals surface area contributed by atoms with Crippen LogP contribution in [0.3, 0.4) is 0 Å². The van der Waals surface area contributed by atoms with Crippen LogP contribution in [0.15, 0.2) is 133 Å². The molecule has 0 N–H and O–H groups in total. The van der Waals surface area contributed by atoms with Crippen LogP contribution in [0.1, 0.15) is 11.1 Å². The Labute approximate surface area is 263 Å². The summed E-state index contributed by atoms with van der Waals surface area (Å²) in [5, 5.41) is 13.1. The van der Waals surface area contributed by atoms with Crippen LogP contribution in [0.2, 0.25) is 0 Å². The van der Waals surface area contributed by atoms with Gasteiger partial charge in [-0.3, -0.25) is 20.1 Å². The van der Waals surface area contributed by atoms with Gasteiger partial charge in [-0.2, -0.15) is 24.3 Å². The predicted octanol–water partition coefficient (Wildman–Crippen LogP) is 7.83. The van der Waals surface area contributed by atoms with E-state index in [9.17, 15) is 18.5 Å². The van der Waals surface area contributed by atoms with Crippen molar-refractivity contribution in [3.05, 3.63) is 160 Å². The van der Waals surface area contributed by atoms with Crippen molar-refractivity contribution >= 4 is 49.1 Å². The summed E-state index contributed by atoms with van der Waals surface area (Å²) in [4.78, 5) is 18.2. The van der Waals surface area contributed by atoms with Gasteiger partial charge in [-0.1, -0.05) is 48.5 Å². The number of pyridine rings is 2. The van der Waals surface area contributed by atoms with Crippen molar-refractivity contribution in [3.8, 4) is 0 Å². The zero-order valence-electron chi connectivity index (χ0n) is 22.6. The minimum atomic E-state index is -4.04. The second kappa shape index (κ2) is 14.4. The first-order valence-electron chi connectivity index (χ1n) is 12.9. The van der Waals surface area contributed by atoms with Crippen LogP contribution in [0.5, 0.6) is 0 Å². The zero-order valence-corrected chi connectivity index (χ0v) is 24.9. The third-order valence-electron chi connectivity index (χ3n) is 6.35. The number of hydrogen-bond acceptors (Lipinski definition) is 6. The van der Waals surface area contributed by atoms with Gasteiger partial charge < -0.3 is 4.72 Å². The third kappa shape index (κ3) is 7.76. The number of hydrogen-bond donors (Lipinski definition) is 0. The Morgan fingerprint density at radius 2 is 1.58 bits per heavy atom. The molecule has 0 radical (unpaired) electrons. The van der Waals surface area contributed by atoms with Crippen LogP contribution in [-0.2, 0) is 36.9 Å². The van der Waals surface area contributed by atoms with Crippen LogP contribution in [0, 0.1) is 16.2 Å². The number of non-ortho nitro benzene ring substituents is 1. The van der Waals surface area contributed by atoms with Gasteiger partial charge in [0, 0.05) is 36.1 Å². The molecule has 6 aromatic rings. The summed E-state index contributed by atoms with van der Waals surface area (Å²) in [5.41, 5.74) is 3.50. The molecule has 0 spiro atoms. The van der Waals surface area contributed by atoms with E-state index in [0.29, 0.717) is 10.9 Å². The maximum Gasteiger partial charge on any atom is 2.00 e. The minimum Gasteiger partial charge on any atom is -0.572 e. The Kier molecular flexibility index (Phi) is 10.5. The van der Waals surface area contributed by atoms with Crippen LogP contribution in [0.25, 0.3) is 32.5 Å². The fourth-order valence-corrected chi connectivity index (χ4v) is 5.33. The topological polar surface area (TPSA) is 117 Å². The summed E-state index contributed by atoms with van der Waals surface area (Å²) in [5.74, 6) is 0. The number of nitrogens with zero attached hydrogens (tertiary/aromatic N) is 4. The maximum absolute atomic E-state index is 12.7. The first-order valence-corrected chi connectivity index (χ1v) is 14.4. The number of rotatable bonds is 4. The Hall–Kier alpha value is -4.75. The molecule has 1 aliphatic rings. The fraction of sp³-hybridized carbons (Fsp3) is 0.0303. The minimum absolute atomic E-state index is 0. The molecule has 2 heterocycles. The second-order valence-corrected chi connectivity index (χ2v) is 10.7. The molecule has 7 rings (SSSR count). The number of fused-ring (bicyclic) bond motifs is 4. The van der Waals surface area contributed by atoms with Crippen molar-refractivity contribution < 1.29 is 33.8 Å². The number of benzene rings is 4. The van der Waals surface area contributed by atoms with E-state index in [1.54, 1.807) is 30.7 Å². The molecule has 0 bridgehead atoms. The van der Waals surface area contributed by atoms with Gasteiger partial charge in [0.1, 0.15) is 10.0 Å². The monoisotopic (exact) mass is 678 g/mol. The molecule has 1 aliphatic carbocycles. The van der Waals surface area contributed by atoms with E-state index < -0.39 is 14.9 Å². The quantitative estimate of drug-likeness (QED) is 0.0617. The number of nitro benzene ring substituents is 1. The normalized spacial score (nSPS) is 11.3. The van der Waals surface area contributed by atoms with Crippen molar-refractivity contribution in [2.45, 2.75) is 11.3 Å².